The number of hydrogen-bond donors (Lipinski definition) is 1. The molecule has 0 radical (unpaired) electrons. The molecule has 1 atom stereocenters. The van der Waals surface area contributed by atoms with Crippen molar-refractivity contribution in [3.8, 4) is 11.4 Å². The fourth-order valence-electron chi connectivity index (χ4n) is 2.96. The number of aromatic nitrogens is 4. The van der Waals surface area contributed by atoms with Gasteiger partial charge < -0.3 is 5.32 Å². The van der Waals surface area contributed by atoms with Crippen molar-refractivity contribution in [2.45, 2.75) is 38.6 Å². The highest BCUT2D eigenvalue weighted by Crippen LogP contribution is 2.29. The van der Waals surface area contributed by atoms with Gasteiger partial charge in [-0.05, 0) is 32.7 Å². The number of nitrogens with zero attached hydrogens (tertiary/aromatic N) is 4. The molecule has 0 aliphatic heterocycles. The van der Waals surface area contributed by atoms with E-state index in [0.717, 1.165) is 29.9 Å². The SMILES string of the molecule is CCc1nn(C)cc1-c1ncc2c(n1)CCCC2NC. The van der Waals surface area contributed by atoms with E-state index >= 15 is 0 Å². The molecule has 0 saturated carbocycles. The Morgan fingerprint density at radius 1 is 1.45 bits per heavy atom. The first-order valence-electron chi connectivity index (χ1n) is 7.29. The van der Waals surface area contributed by atoms with Crippen LogP contribution < -0.4 is 5.32 Å². The lowest BCUT2D eigenvalue weighted by Crippen LogP contribution is -2.22. The maximum atomic E-state index is 4.80. The molecule has 0 spiro atoms. The van der Waals surface area contributed by atoms with E-state index in [-0.39, 0.29) is 0 Å². The predicted molar refractivity (Wildman–Crippen MR) is 78.4 cm³/mol. The Morgan fingerprint density at radius 2 is 2.30 bits per heavy atom. The molecule has 0 bridgehead atoms. The van der Waals surface area contributed by atoms with Crippen LogP contribution >= 0.6 is 0 Å². The minimum Gasteiger partial charge on any atom is -0.313 e. The molecule has 3 rings (SSSR count). The number of hydrogen-bond acceptors (Lipinski definition) is 4. The summed E-state index contributed by atoms with van der Waals surface area (Å²) in [6.07, 6.45) is 8.30. The van der Waals surface area contributed by atoms with Gasteiger partial charge in [-0.2, -0.15) is 5.10 Å². The number of fused-ring (bicyclic) bond motifs is 1. The van der Waals surface area contributed by atoms with Crippen molar-refractivity contribution < 1.29 is 0 Å². The van der Waals surface area contributed by atoms with Crippen LogP contribution in [0.4, 0.5) is 0 Å². The van der Waals surface area contributed by atoms with Crippen LogP contribution in [0.3, 0.4) is 0 Å². The molecule has 20 heavy (non-hydrogen) atoms. The van der Waals surface area contributed by atoms with Crippen LogP contribution in [0.1, 0.15) is 42.8 Å². The molecule has 2 aromatic rings. The Labute approximate surface area is 119 Å². The lowest BCUT2D eigenvalue weighted by molar-refractivity contribution is 0.488. The van der Waals surface area contributed by atoms with Crippen molar-refractivity contribution in [2.75, 3.05) is 7.05 Å². The van der Waals surface area contributed by atoms with E-state index in [1.54, 1.807) is 0 Å². The van der Waals surface area contributed by atoms with Gasteiger partial charge in [0.05, 0.1) is 11.3 Å². The summed E-state index contributed by atoms with van der Waals surface area (Å²) in [6.45, 7) is 2.11. The van der Waals surface area contributed by atoms with E-state index in [9.17, 15) is 0 Å². The third-order valence-corrected chi connectivity index (χ3v) is 4.01. The predicted octanol–water partition coefficient (Wildman–Crippen LogP) is 2.04. The first-order valence-corrected chi connectivity index (χ1v) is 7.29. The molecule has 0 saturated heterocycles. The standard InChI is InChI=1S/C15H21N5/c1-4-12-11(9-20(3)19-12)15-17-8-10-13(16-2)6-5-7-14(10)18-15/h8-9,13,16H,4-7H2,1-3H3. The summed E-state index contributed by atoms with van der Waals surface area (Å²) in [7, 11) is 3.95. The quantitative estimate of drug-likeness (QED) is 0.928. The van der Waals surface area contributed by atoms with E-state index in [4.69, 9.17) is 4.98 Å². The first-order chi connectivity index (χ1) is 9.72. The van der Waals surface area contributed by atoms with Gasteiger partial charge in [-0.25, -0.2) is 9.97 Å². The van der Waals surface area contributed by atoms with Crippen molar-refractivity contribution in [3.63, 3.8) is 0 Å². The molecule has 1 aliphatic rings. The highest BCUT2D eigenvalue weighted by molar-refractivity contribution is 5.57. The zero-order valence-electron chi connectivity index (χ0n) is 12.3. The summed E-state index contributed by atoms with van der Waals surface area (Å²) in [5.74, 6) is 0.811. The van der Waals surface area contributed by atoms with Crippen LogP contribution in [0, 0.1) is 0 Å². The van der Waals surface area contributed by atoms with E-state index in [1.165, 1.54) is 24.1 Å². The molecule has 0 aromatic carbocycles. The average molecular weight is 271 g/mol. The molecule has 1 N–H and O–H groups in total. The molecule has 5 heteroatoms. The van der Waals surface area contributed by atoms with Gasteiger partial charge in [0.2, 0.25) is 0 Å². The van der Waals surface area contributed by atoms with Crippen molar-refractivity contribution in [2.24, 2.45) is 7.05 Å². The number of aryl methyl sites for hydroxylation is 3. The van der Waals surface area contributed by atoms with Gasteiger partial charge in [0.1, 0.15) is 0 Å². The molecule has 1 unspecified atom stereocenters. The van der Waals surface area contributed by atoms with Crippen molar-refractivity contribution in [1.29, 1.82) is 0 Å². The zero-order chi connectivity index (χ0) is 14.1. The molecule has 1 aliphatic carbocycles. The normalized spacial score (nSPS) is 18.1. The van der Waals surface area contributed by atoms with Crippen molar-refractivity contribution >= 4 is 0 Å². The van der Waals surface area contributed by atoms with Crippen molar-refractivity contribution in [3.05, 3.63) is 29.3 Å². The molecule has 5 nitrogen and oxygen atoms in total. The monoisotopic (exact) mass is 271 g/mol. The van der Waals surface area contributed by atoms with E-state index in [1.807, 2.05) is 31.2 Å². The molecule has 106 valence electrons. The Kier molecular flexibility index (Phi) is 3.53. The molecular weight excluding hydrogens is 250 g/mol. The topological polar surface area (TPSA) is 55.6 Å². The lowest BCUT2D eigenvalue weighted by Gasteiger charge is -2.24. The molecule has 2 heterocycles. The molecule has 0 fully saturated rings. The van der Waals surface area contributed by atoms with Gasteiger partial charge in [-0.15, -0.1) is 0 Å². The van der Waals surface area contributed by atoms with Crippen LogP contribution in [0.2, 0.25) is 0 Å². The summed E-state index contributed by atoms with van der Waals surface area (Å²) in [5.41, 5.74) is 4.56. The van der Waals surface area contributed by atoms with E-state index in [0.29, 0.717) is 6.04 Å². The minimum atomic E-state index is 0.396. The summed E-state index contributed by atoms with van der Waals surface area (Å²) >= 11 is 0. The Hall–Kier alpha value is -1.75. The fraction of sp³-hybridized carbons (Fsp3) is 0.533. The maximum Gasteiger partial charge on any atom is 0.162 e. The third-order valence-electron chi connectivity index (χ3n) is 4.01. The molecule has 0 amide bonds. The van der Waals surface area contributed by atoms with Crippen LogP contribution in [-0.4, -0.2) is 26.8 Å². The van der Waals surface area contributed by atoms with Gasteiger partial charge in [0.25, 0.3) is 0 Å². The fourth-order valence-corrected chi connectivity index (χ4v) is 2.96. The third kappa shape index (κ3) is 2.22. The second-order valence-corrected chi connectivity index (χ2v) is 5.35. The van der Waals surface area contributed by atoms with Gasteiger partial charge in [0, 0.05) is 36.7 Å². The highest BCUT2D eigenvalue weighted by atomic mass is 15.3. The van der Waals surface area contributed by atoms with Crippen LogP contribution in [-0.2, 0) is 19.9 Å². The lowest BCUT2D eigenvalue weighted by atomic mass is 9.92. The molecule has 2 aromatic heterocycles. The summed E-state index contributed by atoms with van der Waals surface area (Å²) in [4.78, 5) is 9.38. The maximum absolute atomic E-state index is 4.80. The first kappa shape index (κ1) is 13.2. The number of rotatable bonds is 3. The van der Waals surface area contributed by atoms with Crippen LogP contribution in [0.5, 0.6) is 0 Å². The Bertz CT molecular complexity index is 617. The van der Waals surface area contributed by atoms with E-state index in [2.05, 4.69) is 22.3 Å². The summed E-state index contributed by atoms with van der Waals surface area (Å²) < 4.78 is 1.84. The summed E-state index contributed by atoms with van der Waals surface area (Å²) in [6, 6.07) is 0.396. The van der Waals surface area contributed by atoms with Crippen molar-refractivity contribution in [1.82, 2.24) is 25.1 Å². The number of nitrogens with one attached hydrogen (secondary N) is 1. The van der Waals surface area contributed by atoms with Crippen LogP contribution in [0.15, 0.2) is 12.4 Å². The molecular formula is C15H21N5. The largest absolute Gasteiger partial charge is 0.313 e. The second-order valence-electron chi connectivity index (χ2n) is 5.35. The smallest absolute Gasteiger partial charge is 0.162 e. The van der Waals surface area contributed by atoms with Gasteiger partial charge in [0.15, 0.2) is 5.82 Å². The zero-order valence-corrected chi connectivity index (χ0v) is 12.3. The van der Waals surface area contributed by atoms with Gasteiger partial charge >= 0.3 is 0 Å². The Balaban J connectivity index is 2.04. The summed E-state index contributed by atoms with van der Waals surface area (Å²) in [5, 5.41) is 7.82. The van der Waals surface area contributed by atoms with Gasteiger partial charge in [-0.1, -0.05) is 6.92 Å². The second kappa shape index (κ2) is 5.32. The van der Waals surface area contributed by atoms with Crippen LogP contribution in [0.25, 0.3) is 11.4 Å². The average Bonchev–Trinajstić information content (AvgIpc) is 2.87. The minimum absolute atomic E-state index is 0.396. The van der Waals surface area contributed by atoms with Gasteiger partial charge in [-0.3, -0.25) is 4.68 Å². The van der Waals surface area contributed by atoms with E-state index < -0.39 is 0 Å². The Morgan fingerprint density at radius 3 is 3.05 bits per heavy atom. The highest BCUT2D eigenvalue weighted by Gasteiger charge is 2.22.